The van der Waals surface area contributed by atoms with E-state index in [1.807, 2.05) is 4.57 Å². The van der Waals surface area contributed by atoms with Crippen molar-refractivity contribution in [3.63, 3.8) is 0 Å². The number of hydrogen-bond acceptors (Lipinski definition) is 4. The van der Waals surface area contributed by atoms with Crippen molar-refractivity contribution in [3.8, 4) is 5.69 Å². The van der Waals surface area contributed by atoms with Gasteiger partial charge in [-0.3, -0.25) is 4.79 Å². The van der Waals surface area contributed by atoms with Crippen LogP contribution in [0, 0.1) is 5.82 Å². The first-order chi connectivity index (χ1) is 14.1. The Morgan fingerprint density at radius 1 is 1.31 bits per heavy atom. The fourth-order valence-corrected chi connectivity index (χ4v) is 4.28. The van der Waals surface area contributed by atoms with Crippen molar-refractivity contribution in [3.05, 3.63) is 64.2 Å². The number of rotatable bonds is 3. The summed E-state index contributed by atoms with van der Waals surface area (Å²) in [7, 11) is 0. The highest BCUT2D eigenvalue weighted by Crippen LogP contribution is 2.31. The fourth-order valence-electron chi connectivity index (χ4n) is 4.04. The zero-order chi connectivity index (χ0) is 20.0. The monoisotopic (exact) mass is 415 g/mol. The first-order valence-corrected chi connectivity index (χ1v) is 9.95. The van der Waals surface area contributed by atoms with Crippen molar-refractivity contribution >= 4 is 17.5 Å². The normalized spacial score (nSPS) is 18.2. The van der Waals surface area contributed by atoms with E-state index in [9.17, 15) is 9.18 Å². The molecule has 29 heavy (non-hydrogen) atoms. The number of aryl methyl sites for hydroxylation is 1. The van der Waals surface area contributed by atoms with Crippen LogP contribution in [0.4, 0.5) is 4.39 Å². The maximum atomic E-state index is 14.4. The van der Waals surface area contributed by atoms with Crippen LogP contribution in [0.2, 0.25) is 5.02 Å². The largest absolute Gasteiger partial charge is 0.373 e. The summed E-state index contributed by atoms with van der Waals surface area (Å²) in [5, 5.41) is 7.58. The number of amides is 1. The summed E-state index contributed by atoms with van der Waals surface area (Å²) in [5.41, 5.74) is 3.06. The Balaban J connectivity index is 1.44. The Kier molecular flexibility index (Phi) is 4.60. The van der Waals surface area contributed by atoms with Gasteiger partial charge >= 0.3 is 0 Å². The third kappa shape index (κ3) is 3.12. The summed E-state index contributed by atoms with van der Waals surface area (Å²) in [6.07, 6.45) is 6.36. The van der Waals surface area contributed by atoms with Gasteiger partial charge < -0.3 is 14.6 Å². The average molecular weight is 416 g/mol. The highest BCUT2D eigenvalue weighted by molar-refractivity contribution is 6.32. The second kappa shape index (κ2) is 7.27. The van der Waals surface area contributed by atoms with Crippen LogP contribution < -0.4 is 5.32 Å². The third-order valence-electron chi connectivity index (χ3n) is 5.48. The van der Waals surface area contributed by atoms with E-state index in [0.717, 1.165) is 37.1 Å². The van der Waals surface area contributed by atoms with Crippen molar-refractivity contribution < 1.29 is 13.9 Å². The number of para-hydroxylation sites is 1. The molecular weight excluding hydrogens is 397 g/mol. The molecule has 0 fully saturated rings. The minimum atomic E-state index is -0.473. The smallest absolute Gasteiger partial charge is 0.272 e. The topological polar surface area (TPSA) is 74.0 Å². The molecule has 0 bridgehead atoms. The molecule has 2 aliphatic rings. The lowest BCUT2D eigenvalue weighted by atomic mass is 10.0. The number of hydrogen-bond donors (Lipinski definition) is 1. The summed E-state index contributed by atoms with van der Waals surface area (Å²) in [4.78, 5) is 17.2. The van der Waals surface area contributed by atoms with Gasteiger partial charge in [-0.05, 0) is 31.4 Å². The van der Waals surface area contributed by atoms with Crippen molar-refractivity contribution in [1.29, 1.82) is 0 Å². The Hall–Kier alpha value is -2.71. The van der Waals surface area contributed by atoms with E-state index < -0.39 is 11.9 Å². The second-order valence-corrected chi connectivity index (χ2v) is 7.67. The van der Waals surface area contributed by atoms with Crippen LogP contribution in [-0.2, 0) is 24.3 Å². The molecule has 3 aromatic rings. The molecule has 0 saturated heterocycles. The molecule has 1 atom stereocenters. The van der Waals surface area contributed by atoms with Gasteiger partial charge in [0, 0.05) is 12.1 Å². The van der Waals surface area contributed by atoms with E-state index in [4.69, 9.17) is 16.3 Å². The maximum absolute atomic E-state index is 14.4. The molecule has 1 amide bonds. The molecule has 150 valence electrons. The summed E-state index contributed by atoms with van der Waals surface area (Å²) in [6.45, 7) is 1.46. The van der Waals surface area contributed by atoms with Crippen LogP contribution in [0.15, 0.2) is 30.7 Å². The number of halogens is 2. The zero-order valence-corrected chi connectivity index (χ0v) is 16.3. The summed E-state index contributed by atoms with van der Waals surface area (Å²) in [5.74, 6) is -0.710. The Labute approximate surface area is 171 Å². The molecule has 9 heteroatoms. The predicted molar refractivity (Wildman–Crippen MR) is 104 cm³/mol. The van der Waals surface area contributed by atoms with Gasteiger partial charge in [-0.25, -0.2) is 14.1 Å². The molecule has 7 nitrogen and oxygen atoms in total. The van der Waals surface area contributed by atoms with Gasteiger partial charge in [0.05, 0.1) is 48.2 Å². The molecule has 0 radical (unpaired) electrons. The second-order valence-electron chi connectivity index (χ2n) is 7.26. The van der Waals surface area contributed by atoms with Crippen LogP contribution in [0.5, 0.6) is 0 Å². The summed E-state index contributed by atoms with van der Waals surface area (Å²) in [6, 6.07) is 4.09. The van der Waals surface area contributed by atoms with Gasteiger partial charge in [0.2, 0.25) is 0 Å². The van der Waals surface area contributed by atoms with Crippen LogP contribution in [-0.4, -0.2) is 31.8 Å². The van der Waals surface area contributed by atoms with E-state index in [-0.39, 0.29) is 23.2 Å². The third-order valence-corrected chi connectivity index (χ3v) is 5.78. The molecule has 0 unspecified atom stereocenters. The molecule has 4 heterocycles. The SMILES string of the molecule is O=C(N[C@@H]1COCc2c1cnn2-c1c(F)cccc1Cl)c1ncn2c1CCCC2. The minimum absolute atomic E-state index is 0.175. The molecular formula is C20H19ClFN5O2. The first-order valence-electron chi connectivity index (χ1n) is 9.57. The molecule has 5 rings (SSSR count). The van der Waals surface area contributed by atoms with Gasteiger partial charge in [0.1, 0.15) is 17.2 Å². The number of nitrogens with zero attached hydrogens (tertiary/aromatic N) is 4. The highest BCUT2D eigenvalue weighted by atomic mass is 35.5. The first kappa shape index (κ1) is 18.3. The van der Waals surface area contributed by atoms with Crippen molar-refractivity contribution in [2.75, 3.05) is 6.61 Å². The zero-order valence-electron chi connectivity index (χ0n) is 15.6. The summed E-state index contributed by atoms with van der Waals surface area (Å²) < 4.78 is 23.5. The average Bonchev–Trinajstić information content (AvgIpc) is 3.33. The predicted octanol–water partition coefficient (Wildman–Crippen LogP) is 3.20. The molecule has 2 aromatic heterocycles. The molecule has 0 saturated carbocycles. The van der Waals surface area contributed by atoms with Crippen LogP contribution in [0.3, 0.4) is 0 Å². The Morgan fingerprint density at radius 3 is 3.07 bits per heavy atom. The van der Waals surface area contributed by atoms with E-state index in [2.05, 4.69) is 15.4 Å². The molecule has 1 N–H and O–H groups in total. The van der Waals surface area contributed by atoms with Gasteiger partial charge in [0.25, 0.3) is 5.91 Å². The number of fused-ring (bicyclic) bond motifs is 2. The standard InChI is InChI=1S/C20H19ClFN5O2/c21-13-4-3-5-14(22)19(13)27-17-10-29-9-15(12(17)8-24-27)25-20(28)18-16-6-1-2-7-26(16)11-23-18/h3-5,8,11,15H,1-2,6-7,9-10H2,(H,25,28)/t15-/m1/s1. The quantitative estimate of drug-likeness (QED) is 0.713. The summed E-state index contributed by atoms with van der Waals surface area (Å²) >= 11 is 6.20. The number of nitrogens with one attached hydrogen (secondary N) is 1. The number of imidazole rings is 1. The Bertz CT molecular complexity index is 1070. The number of ether oxygens (including phenoxy) is 1. The van der Waals surface area contributed by atoms with E-state index in [0.29, 0.717) is 18.0 Å². The lowest BCUT2D eigenvalue weighted by Gasteiger charge is -2.25. The Morgan fingerprint density at radius 2 is 2.21 bits per heavy atom. The van der Waals surface area contributed by atoms with Crippen molar-refractivity contribution in [1.82, 2.24) is 24.6 Å². The number of benzene rings is 1. The minimum Gasteiger partial charge on any atom is -0.373 e. The molecule has 0 aliphatic carbocycles. The number of aromatic nitrogens is 4. The molecule has 0 spiro atoms. The van der Waals surface area contributed by atoms with Gasteiger partial charge in [-0.15, -0.1) is 0 Å². The van der Waals surface area contributed by atoms with E-state index in [1.54, 1.807) is 24.7 Å². The van der Waals surface area contributed by atoms with Crippen LogP contribution >= 0.6 is 11.6 Å². The lowest BCUT2D eigenvalue weighted by molar-refractivity contribution is 0.0683. The van der Waals surface area contributed by atoms with E-state index >= 15 is 0 Å². The molecule has 1 aromatic carbocycles. The highest BCUT2D eigenvalue weighted by Gasteiger charge is 2.30. The molecule has 2 aliphatic heterocycles. The number of carbonyl (C=O) groups is 1. The van der Waals surface area contributed by atoms with Gasteiger partial charge in [-0.1, -0.05) is 17.7 Å². The van der Waals surface area contributed by atoms with Crippen LogP contribution in [0.1, 0.15) is 46.3 Å². The van der Waals surface area contributed by atoms with Crippen molar-refractivity contribution in [2.24, 2.45) is 0 Å². The van der Waals surface area contributed by atoms with Crippen LogP contribution in [0.25, 0.3) is 5.69 Å². The number of carbonyl (C=O) groups excluding carboxylic acids is 1. The van der Waals surface area contributed by atoms with E-state index in [1.165, 1.54) is 10.7 Å². The van der Waals surface area contributed by atoms with Crippen molar-refractivity contribution in [2.45, 2.75) is 38.5 Å². The van der Waals surface area contributed by atoms with Gasteiger partial charge in [0.15, 0.2) is 0 Å². The van der Waals surface area contributed by atoms with Gasteiger partial charge in [-0.2, -0.15) is 5.10 Å². The lowest BCUT2D eigenvalue weighted by Crippen LogP contribution is -2.35. The maximum Gasteiger partial charge on any atom is 0.272 e. The fraction of sp³-hybridized carbons (Fsp3) is 0.350.